The lowest BCUT2D eigenvalue weighted by Gasteiger charge is -2.30. The first-order chi connectivity index (χ1) is 9.81. The van der Waals surface area contributed by atoms with E-state index in [1.54, 1.807) is 0 Å². The second-order valence-electron chi connectivity index (χ2n) is 6.84. The molecule has 3 heteroatoms. The molecule has 1 aromatic carbocycles. The molecular formula is C18H31BrN2. The highest BCUT2D eigenvalue weighted by molar-refractivity contribution is 9.10. The van der Waals surface area contributed by atoms with Gasteiger partial charge in [0.1, 0.15) is 0 Å². The van der Waals surface area contributed by atoms with E-state index in [2.05, 4.69) is 73.6 Å². The molecule has 2 nitrogen and oxygen atoms in total. The Balaban J connectivity index is 3.00. The molecule has 0 saturated heterocycles. The molecule has 2 N–H and O–H groups in total. The van der Waals surface area contributed by atoms with Gasteiger partial charge in [-0.05, 0) is 55.4 Å². The summed E-state index contributed by atoms with van der Waals surface area (Å²) in [7, 11) is 0. The predicted octanol–water partition coefficient (Wildman–Crippen LogP) is 5.37. The van der Waals surface area contributed by atoms with Crippen LogP contribution in [0.4, 0.5) is 5.69 Å². The van der Waals surface area contributed by atoms with Crippen LogP contribution in [-0.4, -0.2) is 13.1 Å². The van der Waals surface area contributed by atoms with Crippen LogP contribution in [0.15, 0.2) is 22.7 Å². The molecule has 0 amide bonds. The van der Waals surface area contributed by atoms with Crippen LogP contribution in [-0.2, 0) is 0 Å². The molecule has 1 unspecified atom stereocenters. The molecule has 0 spiro atoms. The third-order valence-electron chi connectivity index (χ3n) is 3.77. The van der Waals surface area contributed by atoms with E-state index in [1.807, 2.05) is 0 Å². The molecule has 21 heavy (non-hydrogen) atoms. The molecule has 1 aromatic rings. The number of hydrogen-bond acceptors (Lipinski definition) is 2. The maximum atomic E-state index is 6.19. The largest absolute Gasteiger partial charge is 0.371 e. The standard InChI is InChI=1S/C18H31BrN2/c1-13(2)8-10-21(11-9-14(3)4)18-7-6-16(19)12-17(18)15(5)20/h6-7,12-15H,8-11,20H2,1-5H3. The summed E-state index contributed by atoms with van der Waals surface area (Å²) in [5, 5.41) is 0. The van der Waals surface area contributed by atoms with Crippen LogP contribution in [0.25, 0.3) is 0 Å². The molecule has 0 aliphatic heterocycles. The van der Waals surface area contributed by atoms with Gasteiger partial charge in [-0.2, -0.15) is 0 Å². The highest BCUT2D eigenvalue weighted by atomic mass is 79.9. The van der Waals surface area contributed by atoms with Crippen molar-refractivity contribution in [3.8, 4) is 0 Å². The molecule has 0 aliphatic rings. The summed E-state index contributed by atoms with van der Waals surface area (Å²) in [4.78, 5) is 2.52. The van der Waals surface area contributed by atoms with Crippen LogP contribution in [0, 0.1) is 11.8 Å². The van der Waals surface area contributed by atoms with Crippen LogP contribution in [0.5, 0.6) is 0 Å². The summed E-state index contributed by atoms with van der Waals surface area (Å²) >= 11 is 3.56. The van der Waals surface area contributed by atoms with Crippen LogP contribution in [0.3, 0.4) is 0 Å². The monoisotopic (exact) mass is 354 g/mol. The van der Waals surface area contributed by atoms with Crippen molar-refractivity contribution in [2.45, 2.75) is 53.5 Å². The number of rotatable bonds is 8. The number of nitrogens with zero attached hydrogens (tertiary/aromatic N) is 1. The van der Waals surface area contributed by atoms with Gasteiger partial charge in [-0.3, -0.25) is 0 Å². The smallest absolute Gasteiger partial charge is 0.0415 e. The van der Waals surface area contributed by atoms with Gasteiger partial charge < -0.3 is 10.6 Å². The fraction of sp³-hybridized carbons (Fsp3) is 0.667. The number of anilines is 1. The van der Waals surface area contributed by atoms with Gasteiger partial charge >= 0.3 is 0 Å². The van der Waals surface area contributed by atoms with Gasteiger partial charge in [0.2, 0.25) is 0 Å². The quantitative estimate of drug-likeness (QED) is 0.679. The molecule has 0 radical (unpaired) electrons. The summed E-state index contributed by atoms with van der Waals surface area (Å²) in [6.45, 7) is 13.4. The molecule has 1 rings (SSSR count). The Kier molecular flexibility index (Phi) is 7.75. The van der Waals surface area contributed by atoms with Gasteiger partial charge in [0, 0.05) is 29.3 Å². The first-order valence-corrected chi connectivity index (χ1v) is 8.90. The van der Waals surface area contributed by atoms with Crippen molar-refractivity contribution in [1.82, 2.24) is 0 Å². The van der Waals surface area contributed by atoms with E-state index < -0.39 is 0 Å². The van der Waals surface area contributed by atoms with Gasteiger partial charge in [0.05, 0.1) is 0 Å². The SMILES string of the molecule is CC(C)CCN(CCC(C)C)c1ccc(Br)cc1C(C)N. The lowest BCUT2D eigenvalue weighted by molar-refractivity contribution is 0.534. The van der Waals surface area contributed by atoms with Crippen molar-refractivity contribution >= 4 is 21.6 Å². The lowest BCUT2D eigenvalue weighted by Crippen LogP contribution is -2.29. The molecule has 0 bridgehead atoms. The Hall–Kier alpha value is -0.540. The van der Waals surface area contributed by atoms with Crippen LogP contribution in [0.1, 0.15) is 59.1 Å². The summed E-state index contributed by atoms with van der Waals surface area (Å²) in [6.07, 6.45) is 2.43. The van der Waals surface area contributed by atoms with E-state index in [1.165, 1.54) is 24.1 Å². The summed E-state index contributed by atoms with van der Waals surface area (Å²) in [5.41, 5.74) is 8.72. The molecule has 0 saturated carbocycles. The van der Waals surface area contributed by atoms with E-state index in [4.69, 9.17) is 5.73 Å². The van der Waals surface area contributed by atoms with Gasteiger partial charge in [-0.15, -0.1) is 0 Å². The fourth-order valence-electron chi connectivity index (χ4n) is 2.36. The Morgan fingerprint density at radius 3 is 1.95 bits per heavy atom. The summed E-state index contributed by atoms with van der Waals surface area (Å²) in [5.74, 6) is 1.45. The minimum atomic E-state index is 0.0538. The van der Waals surface area contributed by atoms with Crippen molar-refractivity contribution in [1.29, 1.82) is 0 Å². The Labute approximate surface area is 139 Å². The van der Waals surface area contributed by atoms with Crippen molar-refractivity contribution in [2.24, 2.45) is 17.6 Å². The van der Waals surface area contributed by atoms with E-state index in [-0.39, 0.29) is 6.04 Å². The average molecular weight is 355 g/mol. The van der Waals surface area contributed by atoms with Crippen LogP contribution in [0.2, 0.25) is 0 Å². The molecule has 0 fully saturated rings. The maximum absolute atomic E-state index is 6.19. The van der Waals surface area contributed by atoms with Gasteiger partial charge in [-0.1, -0.05) is 43.6 Å². The first kappa shape index (κ1) is 18.5. The van der Waals surface area contributed by atoms with Gasteiger partial charge in [-0.25, -0.2) is 0 Å². The average Bonchev–Trinajstić information content (AvgIpc) is 2.38. The number of benzene rings is 1. The molecule has 1 atom stereocenters. The summed E-state index contributed by atoms with van der Waals surface area (Å²) in [6, 6.07) is 6.55. The maximum Gasteiger partial charge on any atom is 0.0415 e. The van der Waals surface area contributed by atoms with E-state index in [9.17, 15) is 0 Å². The van der Waals surface area contributed by atoms with Crippen molar-refractivity contribution in [2.75, 3.05) is 18.0 Å². The predicted molar refractivity (Wildman–Crippen MR) is 97.9 cm³/mol. The highest BCUT2D eigenvalue weighted by Crippen LogP contribution is 2.29. The third-order valence-corrected chi connectivity index (χ3v) is 4.27. The minimum Gasteiger partial charge on any atom is -0.371 e. The van der Waals surface area contributed by atoms with Gasteiger partial charge in [0.25, 0.3) is 0 Å². The zero-order chi connectivity index (χ0) is 16.0. The minimum absolute atomic E-state index is 0.0538. The first-order valence-electron chi connectivity index (χ1n) is 8.11. The fourth-order valence-corrected chi connectivity index (χ4v) is 2.74. The molecular weight excluding hydrogens is 324 g/mol. The number of halogens is 1. The van der Waals surface area contributed by atoms with Crippen molar-refractivity contribution < 1.29 is 0 Å². The van der Waals surface area contributed by atoms with Crippen LogP contribution >= 0.6 is 15.9 Å². The molecule has 120 valence electrons. The van der Waals surface area contributed by atoms with Gasteiger partial charge in [0.15, 0.2) is 0 Å². The third kappa shape index (κ3) is 6.39. The normalized spacial score (nSPS) is 13.0. The van der Waals surface area contributed by atoms with E-state index >= 15 is 0 Å². The highest BCUT2D eigenvalue weighted by Gasteiger charge is 2.15. The molecule has 0 heterocycles. The zero-order valence-electron chi connectivity index (χ0n) is 14.2. The molecule has 0 aliphatic carbocycles. The Bertz CT molecular complexity index is 415. The molecule has 0 aromatic heterocycles. The lowest BCUT2D eigenvalue weighted by atomic mass is 10.0. The Morgan fingerprint density at radius 2 is 1.52 bits per heavy atom. The summed E-state index contributed by atoms with van der Waals surface area (Å²) < 4.78 is 1.10. The van der Waals surface area contributed by atoms with Crippen molar-refractivity contribution in [3.63, 3.8) is 0 Å². The zero-order valence-corrected chi connectivity index (χ0v) is 15.8. The second-order valence-corrected chi connectivity index (χ2v) is 7.76. The van der Waals surface area contributed by atoms with Crippen LogP contribution < -0.4 is 10.6 Å². The van der Waals surface area contributed by atoms with Crippen molar-refractivity contribution in [3.05, 3.63) is 28.2 Å². The van der Waals surface area contributed by atoms with E-state index in [0.717, 1.165) is 29.4 Å². The van der Waals surface area contributed by atoms with E-state index in [0.29, 0.717) is 0 Å². The second kappa shape index (κ2) is 8.79. The Morgan fingerprint density at radius 1 is 1.00 bits per heavy atom. The number of hydrogen-bond donors (Lipinski definition) is 1. The topological polar surface area (TPSA) is 29.3 Å². The number of nitrogens with two attached hydrogens (primary N) is 1.